The van der Waals surface area contributed by atoms with Crippen molar-refractivity contribution in [2.45, 2.75) is 0 Å². The molecule has 1 heterocycles. The van der Waals surface area contributed by atoms with Crippen LogP contribution < -0.4 is 11.2 Å². The molecule has 0 atom stereocenters. The van der Waals surface area contributed by atoms with Crippen molar-refractivity contribution >= 4 is 17.7 Å². The van der Waals surface area contributed by atoms with E-state index in [1.165, 1.54) is 12.2 Å². The van der Waals surface area contributed by atoms with Gasteiger partial charge in [0.05, 0.1) is 0 Å². The van der Waals surface area contributed by atoms with E-state index in [0.29, 0.717) is 0 Å². The smallest absolute Gasteiger partial charge is 0.253 e. The number of nitrogens with two attached hydrogens (primary N) is 1. The molecule has 0 radical (unpaired) electrons. The minimum absolute atomic E-state index is 0.140. The zero-order chi connectivity index (χ0) is 11.3. The molecule has 0 aromatic rings. The third kappa shape index (κ3) is 3.15. The van der Waals surface area contributed by atoms with Crippen LogP contribution in [0.1, 0.15) is 0 Å². The Hall–Kier alpha value is -1.73. The lowest BCUT2D eigenvalue weighted by atomic mass is 10.5. The van der Waals surface area contributed by atoms with E-state index in [0.717, 1.165) is 4.90 Å². The average molecular weight is 213 g/mol. The summed E-state index contributed by atoms with van der Waals surface area (Å²) >= 11 is 0. The van der Waals surface area contributed by atoms with E-state index >= 15 is 0 Å². The van der Waals surface area contributed by atoms with Crippen molar-refractivity contribution in [3.63, 3.8) is 0 Å². The number of amides is 3. The maximum absolute atomic E-state index is 11.0. The summed E-state index contributed by atoms with van der Waals surface area (Å²) in [7, 11) is 0. The lowest BCUT2D eigenvalue weighted by molar-refractivity contribution is -0.137. The van der Waals surface area contributed by atoms with E-state index in [9.17, 15) is 14.4 Å². The summed E-state index contributed by atoms with van der Waals surface area (Å²) in [6.07, 6.45) is 2.38. The Balaban J connectivity index is 2.23. The molecule has 0 spiro atoms. The Morgan fingerprint density at radius 3 is 2.53 bits per heavy atom. The van der Waals surface area contributed by atoms with Crippen molar-refractivity contribution in [1.29, 1.82) is 0 Å². The number of nitrogens with one attached hydrogen (secondary N) is 1. The minimum atomic E-state index is -0.399. The molecular weight excluding hydrogens is 202 g/mol. The minimum Gasteiger partial charge on any atom is -0.352 e. The number of carbonyl (C=O) groups excluding carboxylic acids is 3. The molecule has 0 bridgehead atoms. The Morgan fingerprint density at radius 1 is 1.40 bits per heavy atom. The Morgan fingerprint density at radius 2 is 2.00 bits per heavy atom. The molecule has 0 aromatic heterocycles. The highest BCUT2D eigenvalue weighted by Crippen LogP contribution is 2.01. The highest BCUT2D eigenvalue weighted by Gasteiger charge is 2.22. The molecule has 7 nitrogen and oxygen atoms in total. The maximum Gasteiger partial charge on any atom is 0.253 e. The SMILES string of the molecule is NOCC(=O)NCCN1C(=O)C=CC1=O. The van der Waals surface area contributed by atoms with Crippen LogP contribution in [0.25, 0.3) is 0 Å². The van der Waals surface area contributed by atoms with Crippen LogP contribution in [0.2, 0.25) is 0 Å². The number of rotatable bonds is 5. The second kappa shape index (κ2) is 5.23. The van der Waals surface area contributed by atoms with Crippen LogP contribution >= 0.6 is 0 Å². The zero-order valence-electron chi connectivity index (χ0n) is 7.93. The van der Waals surface area contributed by atoms with Gasteiger partial charge in [-0.05, 0) is 0 Å². The van der Waals surface area contributed by atoms with Crippen LogP contribution in [0, 0.1) is 0 Å². The van der Waals surface area contributed by atoms with Gasteiger partial charge in [-0.15, -0.1) is 0 Å². The van der Waals surface area contributed by atoms with Crippen LogP contribution in [0.4, 0.5) is 0 Å². The molecule has 0 saturated heterocycles. The molecule has 7 heteroatoms. The first-order valence-corrected chi connectivity index (χ1v) is 4.27. The van der Waals surface area contributed by atoms with E-state index in [-0.39, 0.29) is 31.5 Å². The number of carbonyl (C=O) groups is 3. The second-order valence-electron chi connectivity index (χ2n) is 2.82. The van der Waals surface area contributed by atoms with Gasteiger partial charge in [-0.3, -0.25) is 24.1 Å². The molecule has 0 saturated carbocycles. The molecule has 0 unspecified atom stereocenters. The predicted molar refractivity (Wildman–Crippen MR) is 49.0 cm³/mol. The Labute approximate surface area is 85.8 Å². The Bertz CT molecular complexity index is 295. The van der Waals surface area contributed by atoms with Crippen LogP contribution in [0.5, 0.6) is 0 Å². The molecular formula is C8H11N3O4. The first-order valence-electron chi connectivity index (χ1n) is 4.27. The fourth-order valence-electron chi connectivity index (χ4n) is 1.09. The van der Waals surface area contributed by atoms with Gasteiger partial charge < -0.3 is 5.32 Å². The fraction of sp³-hybridized carbons (Fsp3) is 0.375. The largest absolute Gasteiger partial charge is 0.352 e. The van der Waals surface area contributed by atoms with Gasteiger partial charge in [0.25, 0.3) is 11.8 Å². The lowest BCUT2D eigenvalue weighted by Crippen LogP contribution is -2.39. The lowest BCUT2D eigenvalue weighted by Gasteiger charge is -2.13. The van der Waals surface area contributed by atoms with Crippen LogP contribution in [0.15, 0.2) is 12.2 Å². The van der Waals surface area contributed by atoms with Gasteiger partial charge in [0.1, 0.15) is 6.61 Å². The summed E-state index contributed by atoms with van der Waals surface area (Å²) in [6.45, 7) is 0.0719. The van der Waals surface area contributed by atoms with E-state index in [1.54, 1.807) is 0 Å². The third-order valence-electron chi connectivity index (χ3n) is 1.77. The molecule has 0 aliphatic carbocycles. The predicted octanol–water partition coefficient (Wildman–Crippen LogP) is -2.08. The molecule has 1 rings (SSSR count). The van der Waals surface area contributed by atoms with Gasteiger partial charge in [0.2, 0.25) is 5.91 Å². The van der Waals surface area contributed by atoms with E-state index in [1.807, 2.05) is 0 Å². The van der Waals surface area contributed by atoms with E-state index in [2.05, 4.69) is 16.1 Å². The van der Waals surface area contributed by atoms with Crippen LogP contribution in [0.3, 0.4) is 0 Å². The monoisotopic (exact) mass is 213 g/mol. The number of hydrogen-bond acceptors (Lipinski definition) is 5. The summed E-state index contributed by atoms with van der Waals surface area (Å²) in [4.78, 5) is 38.1. The quantitative estimate of drug-likeness (QED) is 0.403. The standard InChI is InChI=1S/C8H11N3O4/c9-15-5-6(12)10-3-4-11-7(13)1-2-8(11)14/h1-2H,3-5,9H2,(H,10,12). The first-order chi connectivity index (χ1) is 7.15. The normalized spacial score (nSPS) is 14.9. The van der Waals surface area contributed by atoms with E-state index in [4.69, 9.17) is 0 Å². The molecule has 1 aliphatic rings. The molecule has 15 heavy (non-hydrogen) atoms. The molecule has 82 valence electrons. The average Bonchev–Trinajstić information content (AvgIpc) is 2.49. The van der Waals surface area contributed by atoms with Gasteiger partial charge in [0, 0.05) is 25.2 Å². The fourth-order valence-corrected chi connectivity index (χ4v) is 1.09. The van der Waals surface area contributed by atoms with Crippen molar-refractivity contribution in [3.05, 3.63) is 12.2 Å². The third-order valence-corrected chi connectivity index (χ3v) is 1.77. The summed E-state index contributed by atoms with van der Waals surface area (Å²) in [5.41, 5.74) is 0. The van der Waals surface area contributed by atoms with Crippen molar-refractivity contribution in [3.8, 4) is 0 Å². The number of nitrogens with zero attached hydrogens (tertiary/aromatic N) is 1. The molecule has 3 amide bonds. The molecule has 1 aliphatic heterocycles. The van der Waals surface area contributed by atoms with E-state index < -0.39 is 5.91 Å². The topological polar surface area (TPSA) is 102 Å². The van der Waals surface area contributed by atoms with Crippen molar-refractivity contribution in [1.82, 2.24) is 10.2 Å². The van der Waals surface area contributed by atoms with Crippen molar-refractivity contribution < 1.29 is 19.2 Å². The Kier molecular flexibility index (Phi) is 3.95. The number of hydrogen-bond donors (Lipinski definition) is 2. The highest BCUT2D eigenvalue weighted by atomic mass is 16.6. The summed E-state index contributed by atoms with van der Waals surface area (Å²) in [5.74, 6) is 3.54. The van der Waals surface area contributed by atoms with Crippen LogP contribution in [-0.2, 0) is 19.2 Å². The molecule has 3 N–H and O–H groups in total. The maximum atomic E-state index is 11.0. The van der Waals surface area contributed by atoms with Crippen molar-refractivity contribution in [2.75, 3.05) is 19.7 Å². The summed E-state index contributed by atoms with van der Waals surface area (Å²) in [5, 5.41) is 2.43. The second-order valence-corrected chi connectivity index (χ2v) is 2.82. The molecule has 0 aromatic carbocycles. The summed E-state index contributed by atoms with van der Waals surface area (Å²) < 4.78 is 0. The van der Waals surface area contributed by atoms with Gasteiger partial charge in [0.15, 0.2) is 0 Å². The van der Waals surface area contributed by atoms with Gasteiger partial charge in [-0.25, -0.2) is 5.90 Å². The first kappa shape index (κ1) is 11.3. The molecule has 0 fully saturated rings. The van der Waals surface area contributed by atoms with Gasteiger partial charge >= 0.3 is 0 Å². The zero-order valence-corrected chi connectivity index (χ0v) is 7.93. The van der Waals surface area contributed by atoms with Crippen molar-refractivity contribution in [2.24, 2.45) is 5.90 Å². The van der Waals surface area contributed by atoms with Gasteiger partial charge in [-0.1, -0.05) is 0 Å². The van der Waals surface area contributed by atoms with Crippen LogP contribution in [-0.4, -0.2) is 42.3 Å². The summed E-state index contributed by atoms with van der Waals surface area (Å²) in [6, 6.07) is 0. The highest BCUT2D eigenvalue weighted by molar-refractivity contribution is 6.12. The number of imide groups is 1. The van der Waals surface area contributed by atoms with Gasteiger partial charge in [-0.2, -0.15) is 0 Å².